The van der Waals surface area contributed by atoms with Crippen molar-refractivity contribution in [3.63, 3.8) is 0 Å². The molecule has 3 N–H and O–H groups in total. The summed E-state index contributed by atoms with van der Waals surface area (Å²) in [4.78, 5) is 23.9. The Kier molecular flexibility index (Phi) is 4.21. The monoisotopic (exact) mass is 282 g/mol. The van der Waals surface area contributed by atoms with Crippen LogP contribution in [0.2, 0.25) is 0 Å². The first kappa shape index (κ1) is 14.0. The van der Waals surface area contributed by atoms with Crippen LogP contribution in [-0.2, 0) is 11.3 Å². The van der Waals surface area contributed by atoms with Crippen LogP contribution >= 0.6 is 11.3 Å². The van der Waals surface area contributed by atoms with E-state index in [4.69, 9.17) is 5.11 Å². The quantitative estimate of drug-likeness (QED) is 0.739. The molecule has 104 valence electrons. The molecule has 1 aromatic rings. The van der Waals surface area contributed by atoms with Crippen LogP contribution < -0.4 is 10.6 Å². The van der Waals surface area contributed by atoms with Crippen LogP contribution in [-0.4, -0.2) is 29.1 Å². The number of carbonyl (C=O) groups excluding carboxylic acids is 1. The average Bonchev–Trinajstić information content (AvgIpc) is 3.08. The Bertz CT molecular complexity index is 494. The Hall–Kier alpha value is -1.40. The first-order valence-electron chi connectivity index (χ1n) is 6.33. The zero-order valence-electron chi connectivity index (χ0n) is 11.0. The predicted molar refractivity (Wildman–Crippen MR) is 73.5 cm³/mol. The van der Waals surface area contributed by atoms with Gasteiger partial charge in [-0.1, -0.05) is 0 Å². The van der Waals surface area contributed by atoms with Crippen LogP contribution in [0.3, 0.4) is 0 Å². The van der Waals surface area contributed by atoms with Crippen molar-refractivity contribution in [2.24, 2.45) is 0 Å². The highest BCUT2D eigenvalue weighted by atomic mass is 32.1. The zero-order valence-corrected chi connectivity index (χ0v) is 11.8. The van der Waals surface area contributed by atoms with Gasteiger partial charge in [-0.3, -0.25) is 4.79 Å². The molecule has 0 aromatic carbocycles. The van der Waals surface area contributed by atoms with Gasteiger partial charge in [0.15, 0.2) is 0 Å². The topological polar surface area (TPSA) is 78.4 Å². The maximum Gasteiger partial charge on any atom is 0.345 e. The highest BCUT2D eigenvalue weighted by Crippen LogP contribution is 2.21. The molecule has 6 heteroatoms. The highest BCUT2D eigenvalue weighted by molar-refractivity contribution is 7.14. The molecule has 1 heterocycles. The van der Waals surface area contributed by atoms with Crippen LogP contribution in [0.1, 0.15) is 39.9 Å². The van der Waals surface area contributed by atoms with E-state index in [1.807, 2.05) is 13.8 Å². The molecule has 1 unspecified atom stereocenters. The summed E-state index contributed by atoms with van der Waals surface area (Å²) in [7, 11) is 0. The summed E-state index contributed by atoms with van der Waals surface area (Å²) >= 11 is 1.26. The fraction of sp³-hybridized carbons (Fsp3) is 0.538. The molecular weight excluding hydrogens is 264 g/mol. The second kappa shape index (κ2) is 5.71. The molecule has 1 atom stereocenters. The lowest BCUT2D eigenvalue weighted by Crippen LogP contribution is -2.42. The summed E-state index contributed by atoms with van der Waals surface area (Å²) in [6, 6.07) is 1.76. The van der Waals surface area contributed by atoms with Crippen molar-refractivity contribution in [3.05, 3.63) is 21.4 Å². The number of rotatable bonds is 6. The Morgan fingerprint density at radius 1 is 1.53 bits per heavy atom. The molecule has 0 radical (unpaired) electrons. The Morgan fingerprint density at radius 3 is 2.74 bits per heavy atom. The van der Waals surface area contributed by atoms with Gasteiger partial charge in [-0.25, -0.2) is 4.79 Å². The maximum atomic E-state index is 11.7. The Labute approximate surface area is 116 Å². The molecular formula is C13H18N2O3S. The maximum absolute atomic E-state index is 11.7. The van der Waals surface area contributed by atoms with E-state index in [-0.39, 0.29) is 11.9 Å². The number of aryl methyl sites for hydroxylation is 1. The smallest absolute Gasteiger partial charge is 0.345 e. The predicted octanol–water partition coefficient (Wildman–Crippen LogP) is 1.51. The summed E-state index contributed by atoms with van der Waals surface area (Å²) in [5.41, 5.74) is 0.938. The molecule has 2 rings (SSSR count). The molecule has 1 aromatic heterocycles. The number of hydrogen-bond donors (Lipinski definition) is 3. The number of amides is 1. The third-order valence-electron chi connectivity index (χ3n) is 3.15. The van der Waals surface area contributed by atoms with Crippen molar-refractivity contribution < 1.29 is 14.7 Å². The van der Waals surface area contributed by atoms with Gasteiger partial charge in [0.1, 0.15) is 4.88 Å². The van der Waals surface area contributed by atoms with Gasteiger partial charge in [0, 0.05) is 17.5 Å². The molecule has 0 aliphatic heterocycles. The van der Waals surface area contributed by atoms with Crippen LogP contribution in [0.5, 0.6) is 0 Å². The minimum atomic E-state index is -0.904. The third-order valence-corrected chi connectivity index (χ3v) is 4.23. The summed E-state index contributed by atoms with van der Waals surface area (Å²) in [5, 5.41) is 15.0. The van der Waals surface area contributed by atoms with Gasteiger partial charge in [0.25, 0.3) is 0 Å². The standard InChI is InChI=1S/C13H18N2O3S/c1-7(12(16)15-10-3-4-10)14-6-9-5-11(13(17)18)19-8(9)2/h5,7,10,14H,3-4,6H2,1-2H3,(H,15,16)(H,17,18). The van der Waals surface area contributed by atoms with E-state index in [1.54, 1.807) is 6.07 Å². The minimum Gasteiger partial charge on any atom is -0.477 e. The normalized spacial score (nSPS) is 16.1. The average molecular weight is 282 g/mol. The number of nitrogens with one attached hydrogen (secondary N) is 2. The van der Waals surface area contributed by atoms with Gasteiger partial charge in [-0.15, -0.1) is 11.3 Å². The first-order valence-corrected chi connectivity index (χ1v) is 7.15. The van der Waals surface area contributed by atoms with Crippen LogP contribution in [0.4, 0.5) is 0 Å². The van der Waals surface area contributed by atoms with Crippen molar-refractivity contribution in [1.82, 2.24) is 10.6 Å². The second-order valence-electron chi connectivity index (χ2n) is 4.88. The largest absolute Gasteiger partial charge is 0.477 e. The number of carbonyl (C=O) groups is 2. The van der Waals surface area contributed by atoms with Crippen molar-refractivity contribution in [3.8, 4) is 0 Å². The SMILES string of the molecule is Cc1sc(C(=O)O)cc1CNC(C)C(=O)NC1CC1. The Morgan fingerprint density at radius 2 is 2.21 bits per heavy atom. The van der Waals surface area contributed by atoms with E-state index in [0.29, 0.717) is 17.5 Å². The highest BCUT2D eigenvalue weighted by Gasteiger charge is 2.25. The molecule has 0 spiro atoms. The second-order valence-corrected chi connectivity index (χ2v) is 6.14. The molecule has 1 aliphatic rings. The molecule has 1 saturated carbocycles. The van der Waals surface area contributed by atoms with Crippen molar-refractivity contribution in [2.45, 2.75) is 45.3 Å². The number of carboxylic acid groups (broad SMARTS) is 1. The number of carboxylic acids is 1. The van der Waals surface area contributed by atoms with Crippen LogP contribution in [0.15, 0.2) is 6.07 Å². The van der Waals surface area contributed by atoms with E-state index in [9.17, 15) is 9.59 Å². The van der Waals surface area contributed by atoms with Crippen molar-refractivity contribution in [2.75, 3.05) is 0 Å². The van der Waals surface area contributed by atoms with E-state index in [0.717, 1.165) is 23.3 Å². The lowest BCUT2D eigenvalue weighted by atomic mass is 10.2. The molecule has 1 aliphatic carbocycles. The Balaban J connectivity index is 1.86. The fourth-order valence-electron chi connectivity index (χ4n) is 1.71. The third kappa shape index (κ3) is 3.78. The minimum absolute atomic E-state index is 0.00819. The summed E-state index contributed by atoms with van der Waals surface area (Å²) in [6.45, 7) is 4.22. The van der Waals surface area contributed by atoms with Crippen LogP contribution in [0, 0.1) is 6.92 Å². The van der Waals surface area contributed by atoms with Gasteiger partial charge in [0.2, 0.25) is 5.91 Å². The van der Waals surface area contributed by atoms with E-state index < -0.39 is 5.97 Å². The van der Waals surface area contributed by atoms with Crippen molar-refractivity contribution in [1.29, 1.82) is 0 Å². The van der Waals surface area contributed by atoms with E-state index >= 15 is 0 Å². The van der Waals surface area contributed by atoms with Crippen LogP contribution in [0.25, 0.3) is 0 Å². The first-order chi connectivity index (χ1) is 8.97. The summed E-state index contributed by atoms with van der Waals surface area (Å²) in [5.74, 6) is -0.896. The van der Waals surface area contributed by atoms with Gasteiger partial charge < -0.3 is 15.7 Å². The number of thiophene rings is 1. The lowest BCUT2D eigenvalue weighted by Gasteiger charge is -2.13. The van der Waals surface area contributed by atoms with Gasteiger partial charge in [0.05, 0.1) is 6.04 Å². The van der Waals surface area contributed by atoms with Gasteiger partial charge in [-0.05, 0) is 38.3 Å². The fourth-order valence-corrected chi connectivity index (χ4v) is 2.59. The van der Waals surface area contributed by atoms with E-state index in [1.165, 1.54) is 11.3 Å². The molecule has 19 heavy (non-hydrogen) atoms. The molecule has 0 bridgehead atoms. The zero-order chi connectivity index (χ0) is 14.0. The lowest BCUT2D eigenvalue weighted by molar-refractivity contribution is -0.122. The van der Waals surface area contributed by atoms with Gasteiger partial charge in [-0.2, -0.15) is 0 Å². The number of hydrogen-bond acceptors (Lipinski definition) is 4. The van der Waals surface area contributed by atoms with E-state index in [2.05, 4.69) is 10.6 Å². The summed E-state index contributed by atoms with van der Waals surface area (Å²) in [6.07, 6.45) is 2.15. The molecule has 1 amide bonds. The van der Waals surface area contributed by atoms with Crippen molar-refractivity contribution >= 4 is 23.2 Å². The molecule has 5 nitrogen and oxygen atoms in total. The van der Waals surface area contributed by atoms with Gasteiger partial charge >= 0.3 is 5.97 Å². The summed E-state index contributed by atoms with van der Waals surface area (Å²) < 4.78 is 0. The number of aromatic carboxylic acids is 1. The molecule has 0 saturated heterocycles. The molecule has 1 fully saturated rings.